The molecule has 0 saturated heterocycles. The van der Waals surface area contributed by atoms with Gasteiger partial charge in [-0.2, -0.15) is 0 Å². The van der Waals surface area contributed by atoms with E-state index in [2.05, 4.69) is 10.3 Å². The van der Waals surface area contributed by atoms with Gasteiger partial charge in [-0.25, -0.2) is 4.98 Å². The molecule has 5 heteroatoms. The van der Waals surface area contributed by atoms with E-state index in [1.807, 2.05) is 80.6 Å². The molecule has 1 amide bonds. The van der Waals surface area contributed by atoms with Crippen LogP contribution in [0.1, 0.15) is 37.3 Å². The van der Waals surface area contributed by atoms with E-state index in [0.717, 1.165) is 23.3 Å². The maximum absolute atomic E-state index is 12.6. The van der Waals surface area contributed by atoms with Crippen LogP contribution in [0.3, 0.4) is 0 Å². The minimum Gasteiger partial charge on any atom is -0.494 e. The number of amides is 1. The van der Waals surface area contributed by atoms with Gasteiger partial charge < -0.3 is 14.8 Å². The van der Waals surface area contributed by atoms with E-state index in [1.54, 1.807) is 6.20 Å². The summed E-state index contributed by atoms with van der Waals surface area (Å²) in [5, 5.41) is 3.02. The summed E-state index contributed by atoms with van der Waals surface area (Å²) in [6, 6.07) is 20.9. The molecule has 1 heterocycles. The lowest BCUT2D eigenvalue weighted by Gasteiger charge is -2.15. The van der Waals surface area contributed by atoms with Crippen molar-refractivity contribution in [2.45, 2.75) is 32.7 Å². The van der Waals surface area contributed by atoms with Crippen molar-refractivity contribution < 1.29 is 14.3 Å². The van der Waals surface area contributed by atoms with E-state index in [0.29, 0.717) is 24.8 Å². The Balaban J connectivity index is 1.60. The van der Waals surface area contributed by atoms with Gasteiger partial charge in [0.15, 0.2) is 0 Å². The molecule has 1 aromatic heterocycles. The number of aromatic nitrogens is 1. The third kappa shape index (κ3) is 5.82. The Morgan fingerprint density at radius 3 is 2.41 bits per heavy atom. The Morgan fingerprint density at radius 1 is 1.00 bits per heavy atom. The van der Waals surface area contributed by atoms with E-state index >= 15 is 0 Å². The highest BCUT2D eigenvalue weighted by atomic mass is 16.5. The zero-order valence-electron chi connectivity index (χ0n) is 16.8. The highest BCUT2D eigenvalue weighted by molar-refractivity contribution is 5.83. The normalized spacial score (nSPS) is 11.5. The van der Waals surface area contributed by atoms with Crippen molar-refractivity contribution in [2.75, 3.05) is 6.61 Å². The van der Waals surface area contributed by atoms with Gasteiger partial charge in [-0.05, 0) is 54.8 Å². The molecule has 1 unspecified atom stereocenters. The highest BCUT2D eigenvalue weighted by Crippen LogP contribution is 2.23. The first-order valence-corrected chi connectivity index (χ1v) is 9.88. The topological polar surface area (TPSA) is 60.5 Å². The van der Waals surface area contributed by atoms with Gasteiger partial charge in [-0.3, -0.25) is 4.79 Å². The molecule has 0 radical (unpaired) electrons. The number of hydrogen-bond acceptors (Lipinski definition) is 4. The molecule has 0 aliphatic rings. The van der Waals surface area contributed by atoms with Gasteiger partial charge in [-0.15, -0.1) is 0 Å². The molecule has 0 aliphatic carbocycles. The van der Waals surface area contributed by atoms with Crippen molar-refractivity contribution in [3.05, 3.63) is 84.1 Å². The van der Waals surface area contributed by atoms with Gasteiger partial charge in [-0.1, -0.05) is 37.3 Å². The minimum atomic E-state index is -0.155. The maximum atomic E-state index is 12.6. The Bertz CT molecular complexity index is 911. The summed E-state index contributed by atoms with van der Waals surface area (Å²) in [7, 11) is 0. The fraction of sp³-hybridized carbons (Fsp3) is 0.250. The zero-order valence-corrected chi connectivity index (χ0v) is 16.8. The van der Waals surface area contributed by atoms with Crippen molar-refractivity contribution in [2.24, 2.45) is 0 Å². The van der Waals surface area contributed by atoms with Crippen LogP contribution in [-0.4, -0.2) is 17.5 Å². The molecule has 0 bridgehead atoms. The molecule has 0 fully saturated rings. The molecule has 5 nitrogen and oxygen atoms in total. The summed E-state index contributed by atoms with van der Waals surface area (Å²) >= 11 is 0. The third-order valence-corrected chi connectivity index (χ3v) is 4.55. The highest BCUT2D eigenvalue weighted by Gasteiger charge is 2.18. The molecule has 0 spiro atoms. The maximum Gasteiger partial charge on any atom is 0.227 e. The predicted octanol–water partition coefficient (Wildman–Crippen LogP) is 5.08. The summed E-state index contributed by atoms with van der Waals surface area (Å²) < 4.78 is 11.3. The van der Waals surface area contributed by atoms with E-state index < -0.39 is 0 Å². The van der Waals surface area contributed by atoms with Crippen molar-refractivity contribution in [1.82, 2.24) is 10.3 Å². The Labute approximate surface area is 171 Å². The van der Waals surface area contributed by atoms with Crippen molar-refractivity contribution in [1.29, 1.82) is 0 Å². The second kappa shape index (κ2) is 10.3. The Morgan fingerprint density at radius 2 is 1.72 bits per heavy atom. The lowest BCUT2D eigenvalue weighted by molar-refractivity contribution is -0.122. The van der Waals surface area contributed by atoms with E-state index in [4.69, 9.17) is 9.47 Å². The predicted molar refractivity (Wildman–Crippen MR) is 113 cm³/mol. The van der Waals surface area contributed by atoms with Gasteiger partial charge in [0, 0.05) is 18.8 Å². The number of nitrogens with one attached hydrogen (secondary N) is 1. The number of ether oxygens (including phenoxy) is 2. The Kier molecular flexibility index (Phi) is 7.22. The molecule has 1 N–H and O–H groups in total. The average Bonchev–Trinajstić information content (AvgIpc) is 2.75. The molecular formula is C24H26N2O3. The molecule has 2 aromatic carbocycles. The van der Waals surface area contributed by atoms with E-state index in [9.17, 15) is 4.79 Å². The molecule has 29 heavy (non-hydrogen) atoms. The number of hydrogen-bond donors (Lipinski definition) is 1. The quantitative estimate of drug-likeness (QED) is 0.553. The van der Waals surface area contributed by atoms with Crippen LogP contribution < -0.4 is 14.8 Å². The summed E-state index contributed by atoms with van der Waals surface area (Å²) in [6.45, 7) is 5.01. The fourth-order valence-corrected chi connectivity index (χ4v) is 3.08. The van der Waals surface area contributed by atoms with Gasteiger partial charge in [0.2, 0.25) is 11.8 Å². The Hall–Kier alpha value is -3.34. The smallest absolute Gasteiger partial charge is 0.227 e. The molecule has 1 atom stereocenters. The summed E-state index contributed by atoms with van der Waals surface area (Å²) in [4.78, 5) is 16.9. The van der Waals surface area contributed by atoms with Crippen LogP contribution in [0, 0.1) is 0 Å². The third-order valence-electron chi connectivity index (χ3n) is 4.55. The lowest BCUT2D eigenvalue weighted by atomic mass is 9.95. The van der Waals surface area contributed by atoms with Crippen molar-refractivity contribution in [3.8, 4) is 17.4 Å². The van der Waals surface area contributed by atoms with Crippen molar-refractivity contribution >= 4 is 5.91 Å². The number of carbonyl (C=O) groups excluding carboxylic acids is 1. The number of rotatable bonds is 9. The van der Waals surface area contributed by atoms with Crippen LogP contribution in [0.15, 0.2) is 72.9 Å². The van der Waals surface area contributed by atoms with Gasteiger partial charge in [0.05, 0.1) is 12.5 Å². The number of benzene rings is 2. The van der Waals surface area contributed by atoms with Crippen molar-refractivity contribution in [3.63, 3.8) is 0 Å². The van der Waals surface area contributed by atoms with Crippen LogP contribution in [0.25, 0.3) is 0 Å². The van der Waals surface area contributed by atoms with Crippen LogP contribution in [0.2, 0.25) is 0 Å². The fourth-order valence-electron chi connectivity index (χ4n) is 3.08. The van der Waals surface area contributed by atoms with Crippen LogP contribution >= 0.6 is 0 Å². The molecule has 3 aromatic rings. The second-order valence-electron chi connectivity index (χ2n) is 6.60. The molecule has 0 saturated carbocycles. The minimum absolute atomic E-state index is 0.0180. The van der Waals surface area contributed by atoms with Gasteiger partial charge in [0.25, 0.3) is 0 Å². The average molecular weight is 390 g/mol. The van der Waals surface area contributed by atoms with Crippen LogP contribution in [0.4, 0.5) is 0 Å². The zero-order chi connectivity index (χ0) is 20.5. The number of nitrogens with zero attached hydrogens (tertiary/aromatic N) is 1. The van der Waals surface area contributed by atoms with Crippen LogP contribution in [0.5, 0.6) is 17.4 Å². The van der Waals surface area contributed by atoms with Gasteiger partial charge in [0.1, 0.15) is 11.5 Å². The lowest BCUT2D eigenvalue weighted by Crippen LogP contribution is -2.28. The molecular weight excluding hydrogens is 364 g/mol. The SMILES string of the molecule is CCOc1ccc(Oc2cc(CNC(=O)C(CC)c3ccccc3)ccn2)cc1. The first-order valence-electron chi connectivity index (χ1n) is 9.88. The van der Waals surface area contributed by atoms with Crippen LogP contribution in [-0.2, 0) is 11.3 Å². The molecule has 150 valence electrons. The number of carbonyl (C=O) groups is 1. The van der Waals surface area contributed by atoms with E-state index in [1.165, 1.54) is 0 Å². The largest absolute Gasteiger partial charge is 0.494 e. The van der Waals surface area contributed by atoms with E-state index in [-0.39, 0.29) is 11.8 Å². The summed E-state index contributed by atoms with van der Waals surface area (Å²) in [5.41, 5.74) is 1.96. The first kappa shape index (κ1) is 20.4. The standard InChI is InChI=1S/C24H26N2O3/c1-3-22(19-8-6-5-7-9-19)24(27)26-17-18-14-15-25-23(16-18)29-21-12-10-20(11-13-21)28-4-2/h5-16,22H,3-4,17H2,1-2H3,(H,26,27). The summed E-state index contributed by atoms with van der Waals surface area (Å²) in [6.07, 6.45) is 2.43. The molecule has 0 aliphatic heterocycles. The molecule has 3 rings (SSSR count). The second-order valence-corrected chi connectivity index (χ2v) is 6.60. The monoisotopic (exact) mass is 390 g/mol. The van der Waals surface area contributed by atoms with Gasteiger partial charge >= 0.3 is 0 Å². The first-order chi connectivity index (χ1) is 14.2. The summed E-state index contributed by atoms with van der Waals surface area (Å²) in [5.74, 6) is 1.82. The number of pyridine rings is 1.